The molecule has 1 fully saturated rings. The van der Waals surface area contributed by atoms with Crippen LogP contribution in [0.2, 0.25) is 0 Å². The number of halogens is 1. The van der Waals surface area contributed by atoms with Crippen molar-refractivity contribution in [2.24, 2.45) is 11.3 Å². The van der Waals surface area contributed by atoms with Crippen LogP contribution in [0, 0.1) is 11.3 Å². The molecular weight excluding hydrogens is 248 g/mol. The van der Waals surface area contributed by atoms with E-state index in [1.165, 1.54) is 12.8 Å². The Labute approximate surface area is 114 Å². The van der Waals surface area contributed by atoms with Gasteiger partial charge < -0.3 is 4.42 Å². The van der Waals surface area contributed by atoms with E-state index < -0.39 is 0 Å². The highest BCUT2D eigenvalue weighted by Crippen LogP contribution is 2.43. The SMILES string of the molecule is CC(Cl)c1nnc(C2CCC(C(C)(C)C)CC2)o1. The Kier molecular flexibility index (Phi) is 4.00. The number of alkyl halides is 1. The van der Waals surface area contributed by atoms with E-state index in [0.717, 1.165) is 24.7 Å². The lowest BCUT2D eigenvalue weighted by Gasteiger charge is -2.36. The van der Waals surface area contributed by atoms with Gasteiger partial charge in [-0.15, -0.1) is 21.8 Å². The number of rotatable bonds is 2. The van der Waals surface area contributed by atoms with Crippen LogP contribution >= 0.6 is 11.6 Å². The van der Waals surface area contributed by atoms with Gasteiger partial charge in [-0.25, -0.2) is 0 Å². The van der Waals surface area contributed by atoms with Gasteiger partial charge in [-0.2, -0.15) is 0 Å². The molecule has 3 nitrogen and oxygen atoms in total. The summed E-state index contributed by atoms with van der Waals surface area (Å²) in [7, 11) is 0. The first-order valence-electron chi connectivity index (χ1n) is 6.85. The maximum atomic E-state index is 5.94. The van der Waals surface area contributed by atoms with Gasteiger partial charge in [0.2, 0.25) is 11.8 Å². The van der Waals surface area contributed by atoms with Gasteiger partial charge in [-0.05, 0) is 43.9 Å². The first kappa shape index (κ1) is 13.9. The fourth-order valence-corrected chi connectivity index (χ4v) is 2.87. The van der Waals surface area contributed by atoms with Crippen molar-refractivity contribution in [1.82, 2.24) is 10.2 Å². The van der Waals surface area contributed by atoms with Gasteiger partial charge in [0.1, 0.15) is 5.38 Å². The molecule has 1 aromatic rings. The minimum Gasteiger partial charge on any atom is -0.423 e. The molecule has 4 heteroatoms. The molecule has 1 atom stereocenters. The molecule has 18 heavy (non-hydrogen) atoms. The summed E-state index contributed by atoms with van der Waals surface area (Å²) in [6.07, 6.45) is 4.81. The number of nitrogens with zero attached hydrogens (tertiary/aromatic N) is 2. The number of hydrogen-bond acceptors (Lipinski definition) is 3. The normalized spacial score (nSPS) is 27.2. The molecule has 0 bridgehead atoms. The average molecular weight is 271 g/mol. The molecule has 1 saturated carbocycles. The molecule has 2 rings (SSSR count). The average Bonchev–Trinajstić information content (AvgIpc) is 2.77. The second-order valence-corrected chi connectivity index (χ2v) is 7.16. The van der Waals surface area contributed by atoms with Crippen LogP contribution < -0.4 is 0 Å². The van der Waals surface area contributed by atoms with Crippen molar-refractivity contribution in [2.75, 3.05) is 0 Å². The third-order valence-electron chi connectivity index (χ3n) is 4.10. The lowest BCUT2D eigenvalue weighted by Crippen LogP contribution is -2.25. The second-order valence-electron chi connectivity index (χ2n) is 6.51. The summed E-state index contributed by atoms with van der Waals surface area (Å²) in [5.74, 6) is 2.57. The van der Waals surface area contributed by atoms with Crippen LogP contribution in [0.5, 0.6) is 0 Å². The topological polar surface area (TPSA) is 38.9 Å². The van der Waals surface area contributed by atoms with Gasteiger partial charge in [0.05, 0.1) is 0 Å². The Morgan fingerprint density at radius 1 is 1.17 bits per heavy atom. The Morgan fingerprint density at radius 3 is 2.22 bits per heavy atom. The summed E-state index contributed by atoms with van der Waals surface area (Å²) in [5.41, 5.74) is 0.412. The van der Waals surface area contributed by atoms with E-state index in [0.29, 0.717) is 17.2 Å². The molecule has 1 heterocycles. The van der Waals surface area contributed by atoms with Crippen LogP contribution in [-0.2, 0) is 0 Å². The predicted octanol–water partition coefficient (Wildman–Crippen LogP) is 4.69. The zero-order chi connectivity index (χ0) is 13.3. The quantitative estimate of drug-likeness (QED) is 0.732. The van der Waals surface area contributed by atoms with Crippen LogP contribution in [0.15, 0.2) is 4.42 Å². The fraction of sp³-hybridized carbons (Fsp3) is 0.857. The van der Waals surface area contributed by atoms with Crippen LogP contribution in [0.3, 0.4) is 0 Å². The molecule has 102 valence electrons. The van der Waals surface area contributed by atoms with E-state index in [9.17, 15) is 0 Å². The number of aromatic nitrogens is 2. The molecular formula is C14H23ClN2O. The Balaban J connectivity index is 1.97. The molecule has 0 saturated heterocycles. The third kappa shape index (κ3) is 3.05. The summed E-state index contributed by atoms with van der Waals surface area (Å²) in [6.45, 7) is 8.85. The van der Waals surface area contributed by atoms with Crippen molar-refractivity contribution in [1.29, 1.82) is 0 Å². The first-order valence-corrected chi connectivity index (χ1v) is 7.29. The largest absolute Gasteiger partial charge is 0.423 e. The van der Waals surface area contributed by atoms with E-state index in [1.807, 2.05) is 6.92 Å². The maximum Gasteiger partial charge on any atom is 0.234 e. The van der Waals surface area contributed by atoms with Crippen LogP contribution in [0.4, 0.5) is 0 Å². The van der Waals surface area contributed by atoms with Gasteiger partial charge in [0.25, 0.3) is 0 Å². The molecule has 1 aromatic heterocycles. The number of hydrogen-bond donors (Lipinski definition) is 0. The van der Waals surface area contributed by atoms with Gasteiger partial charge >= 0.3 is 0 Å². The summed E-state index contributed by atoms with van der Waals surface area (Å²) < 4.78 is 5.65. The zero-order valence-corrected chi connectivity index (χ0v) is 12.5. The Morgan fingerprint density at radius 2 is 1.78 bits per heavy atom. The maximum absolute atomic E-state index is 5.94. The molecule has 0 amide bonds. The van der Waals surface area contributed by atoms with Crippen molar-refractivity contribution < 1.29 is 4.42 Å². The minimum atomic E-state index is -0.197. The molecule has 1 unspecified atom stereocenters. The summed E-state index contributed by atoms with van der Waals surface area (Å²) >= 11 is 5.94. The predicted molar refractivity (Wildman–Crippen MR) is 72.7 cm³/mol. The van der Waals surface area contributed by atoms with E-state index in [-0.39, 0.29) is 5.38 Å². The minimum absolute atomic E-state index is 0.197. The van der Waals surface area contributed by atoms with Crippen molar-refractivity contribution in [2.45, 2.75) is 64.7 Å². The van der Waals surface area contributed by atoms with E-state index in [2.05, 4.69) is 31.0 Å². The summed E-state index contributed by atoms with van der Waals surface area (Å²) in [6, 6.07) is 0. The van der Waals surface area contributed by atoms with E-state index in [1.54, 1.807) is 0 Å². The highest BCUT2D eigenvalue weighted by Gasteiger charge is 2.32. The molecule has 1 aliphatic rings. The van der Waals surface area contributed by atoms with Crippen LogP contribution in [-0.4, -0.2) is 10.2 Å². The van der Waals surface area contributed by atoms with Gasteiger partial charge in [0, 0.05) is 5.92 Å². The molecule has 0 aromatic carbocycles. The summed E-state index contributed by atoms with van der Waals surface area (Å²) in [4.78, 5) is 0. The van der Waals surface area contributed by atoms with E-state index >= 15 is 0 Å². The zero-order valence-electron chi connectivity index (χ0n) is 11.7. The van der Waals surface area contributed by atoms with Gasteiger partial charge in [-0.3, -0.25) is 0 Å². The summed E-state index contributed by atoms with van der Waals surface area (Å²) in [5, 5.41) is 7.96. The lowest BCUT2D eigenvalue weighted by molar-refractivity contribution is 0.161. The van der Waals surface area contributed by atoms with Crippen molar-refractivity contribution in [3.8, 4) is 0 Å². The lowest BCUT2D eigenvalue weighted by atomic mass is 9.70. The molecule has 0 spiro atoms. The fourth-order valence-electron chi connectivity index (χ4n) is 2.78. The first-order chi connectivity index (χ1) is 8.38. The smallest absolute Gasteiger partial charge is 0.234 e. The Bertz CT molecular complexity index is 387. The highest BCUT2D eigenvalue weighted by molar-refractivity contribution is 6.20. The van der Waals surface area contributed by atoms with Crippen LogP contribution in [0.1, 0.15) is 76.5 Å². The van der Waals surface area contributed by atoms with Crippen LogP contribution in [0.25, 0.3) is 0 Å². The molecule has 0 radical (unpaired) electrons. The molecule has 0 N–H and O–H groups in total. The molecule has 1 aliphatic carbocycles. The second kappa shape index (κ2) is 5.20. The highest BCUT2D eigenvalue weighted by atomic mass is 35.5. The van der Waals surface area contributed by atoms with E-state index in [4.69, 9.17) is 16.0 Å². The van der Waals surface area contributed by atoms with Gasteiger partial charge in [0.15, 0.2) is 0 Å². The van der Waals surface area contributed by atoms with Gasteiger partial charge in [-0.1, -0.05) is 20.8 Å². The monoisotopic (exact) mass is 270 g/mol. The van der Waals surface area contributed by atoms with Crippen molar-refractivity contribution >= 4 is 11.6 Å². The molecule has 0 aliphatic heterocycles. The standard InChI is InChI=1S/C14H23ClN2O/c1-9(15)12-16-17-13(18-12)10-5-7-11(8-6-10)14(2,3)4/h9-11H,5-8H2,1-4H3. The van der Waals surface area contributed by atoms with Crippen molar-refractivity contribution in [3.05, 3.63) is 11.8 Å². The third-order valence-corrected chi connectivity index (χ3v) is 4.28. The Hall–Kier alpha value is -0.570. The van der Waals surface area contributed by atoms with Crippen molar-refractivity contribution in [3.63, 3.8) is 0 Å².